The Balaban J connectivity index is -0.000000446. The van der Waals surface area contributed by atoms with Crippen LogP contribution in [0.3, 0.4) is 0 Å². The van der Waals surface area contributed by atoms with Crippen LogP contribution in [0.4, 0.5) is 0 Å². The van der Waals surface area contributed by atoms with Crippen LogP contribution in [-0.2, 0) is 14.4 Å². The van der Waals surface area contributed by atoms with Gasteiger partial charge in [0.05, 0.1) is 0 Å². The molecular formula is C17H36N2O3. The van der Waals surface area contributed by atoms with Crippen LogP contribution in [0.1, 0.15) is 61.3 Å². The van der Waals surface area contributed by atoms with E-state index in [0.717, 1.165) is 0 Å². The molecule has 1 rings (SSSR count). The highest BCUT2D eigenvalue weighted by Crippen LogP contribution is 2.08. The summed E-state index contributed by atoms with van der Waals surface area (Å²) in [5.41, 5.74) is 0. The van der Waals surface area contributed by atoms with Gasteiger partial charge in [0.1, 0.15) is 6.79 Å². The fourth-order valence-electron chi connectivity index (χ4n) is 1.75. The van der Waals surface area contributed by atoms with Gasteiger partial charge < -0.3 is 14.6 Å². The average Bonchev–Trinajstić information content (AvgIpc) is 2.51. The minimum absolute atomic E-state index is 0.103. The summed E-state index contributed by atoms with van der Waals surface area (Å²) in [7, 11) is 0. The molecule has 1 aliphatic heterocycles. The van der Waals surface area contributed by atoms with E-state index in [1.54, 1.807) is 11.8 Å². The molecule has 0 bridgehead atoms. The van der Waals surface area contributed by atoms with E-state index in [0.29, 0.717) is 38.5 Å². The molecule has 0 atom stereocenters. The zero-order valence-electron chi connectivity index (χ0n) is 15.6. The van der Waals surface area contributed by atoms with Gasteiger partial charge in [-0.25, -0.2) is 0 Å². The fraction of sp³-hybridized carbons (Fsp3) is 0.824. The Bertz CT molecular complexity index is 273. The Labute approximate surface area is 137 Å². The van der Waals surface area contributed by atoms with Crippen LogP contribution in [0, 0.1) is 5.92 Å². The number of amides is 2. The van der Waals surface area contributed by atoms with E-state index in [-0.39, 0.29) is 11.8 Å². The number of rotatable bonds is 2. The Hall–Kier alpha value is -1.39. The summed E-state index contributed by atoms with van der Waals surface area (Å²) in [5, 5.41) is 0. The molecular weight excluding hydrogens is 280 g/mol. The first-order valence-corrected chi connectivity index (χ1v) is 8.24. The van der Waals surface area contributed by atoms with E-state index >= 15 is 0 Å². The molecule has 1 saturated heterocycles. The van der Waals surface area contributed by atoms with E-state index in [1.807, 2.05) is 39.4 Å². The highest BCUT2D eigenvalue weighted by Gasteiger charge is 2.22. The van der Waals surface area contributed by atoms with Crippen LogP contribution >= 0.6 is 0 Å². The van der Waals surface area contributed by atoms with Crippen LogP contribution in [0.2, 0.25) is 0 Å². The minimum Gasteiger partial charge on any atom is -0.339 e. The zero-order chi connectivity index (χ0) is 18.1. The van der Waals surface area contributed by atoms with Gasteiger partial charge >= 0.3 is 0 Å². The first-order chi connectivity index (χ1) is 10.4. The van der Waals surface area contributed by atoms with Crippen molar-refractivity contribution < 1.29 is 14.4 Å². The molecule has 0 aromatic carbocycles. The summed E-state index contributed by atoms with van der Waals surface area (Å²) >= 11 is 0. The lowest BCUT2D eigenvalue weighted by Gasteiger charge is -2.34. The third-order valence-corrected chi connectivity index (χ3v) is 2.66. The van der Waals surface area contributed by atoms with Gasteiger partial charge in [-0.2, -0.15) is 0 Å². The maximum atomic E-state index is 11.7. The Morgan fingerprint density at radius 3 is 1.55 bits per heavy atom. The molecule has 5 heteroatoms. The van der Waals surface area contributed by atoms with E-state index in [1.165, 1.54) is 6.42 Å². The minimum atomic E-state index is 0.103. The number of nitrogens with zero attached hydrogens (tertiary/aromatic N) is 2. The molecule has 2 amide bonds. The molecule has 0 N–H and O–H groups in total. The second-order valence-corrected chi connectivity index (χ2v) is 5.19. The van der Waals surface area contributed by atoms with Crippen molar-refractivity contribution in [2.45, 2.75) is 61.3 Å². The Kier molecular flexibility index (Phi) is 20.5. The molecule has 0 aromatic heterocycles. The van der Waals surface area contributed by atoms with Crippen LogP contribution in [0.5, 0.6) is 0 Å². The van der Waals surface area contributed by atoms with Gasteiger partial charge in [-0.3, -0.25) is 9.59 Å². The van der Waals surface area contributed by atoms with E-state index in [9.17, 15) is 9.59 Å². The van der Waals surface area contributed by atoms with Gasteiger partial charge in [0.15, 0.2) is 0 Å². The first-order valence-electron chi connectivity index (χ1n) is 8.24. The topological polar surface area (TPSA) is 57.7 Å². The normalized spacial score (nSPS) is 12.9. The van der Waals surface area contributed by atoms with E-state index < -0.39 is 0 Å². The van der Waals surface area contributed by atoms with Gasteiger partial charge in [-0.05, 0) is 5.92 Å². The molecule has 0 aliphatic carbocycles. The van der Waals surface area contributed by atoms with Gasteiger partial charge in [-0.1, -0.05) is 48.0 Å². The summed E-state index contributed by atoms with van der Waals surface area (Å²) in [6, 6.07) is 0. The smallest absolute Gasteiger partial charge is 0.222 e. The standard InChI is InChI=1S/C11H20N2O2.C3H8.C2H6.CH2O/c1-9(2)8-11(15)13-6-4-12(5-7-13)10(3)14;1-3-2;2*1-2/h9H,4-8H2,1-3H3;3H2,1-2H3;1-2H3;1H2. The van der Waals surface area contributed by atoms with Crippen molar-refractivity contribution in [3.8, 4) is 0 Å². The molecule has 1 fully saturated rings. The molecule has 5 nitrogen and oxygen atoms in total. The quantitative estimate of drug-likeness (QED) is 0.787. The average molecular weight is 316 g/mol. The summed E-state index contributed by atoms with van der Waals surface area (Å²) < 4.78 is 0. The SMILES string of the molecule is C=O.CC.CC(=O)N1CCN(C(=O)CC(C)C)CC1.CCC. The number of carbonyl (C=O) groups is 3. The van der Waals surface area contributed by atoms with E-state index in [2.05, 4.69) is 13.8 Å². The lowest BCUT2D eigenvalue weighted by molar-refractivity contribution is -0.138. The molecule has 22 heavy (non-hydrogen) atoms. The molecule has 132 valence electrons. The largest absolute Gasteiger partial charge is 0.339 e. The predicted molar refractivity (Wildman–Crippen MR) is 92.7 cm³/mol. The second-order valence-electron chi connectivity index (χ2n) is 5.19. The third-order valence-electron chi connectivity index (χ3n) is 2.66. The number of piperazine rings is 1. The maximum absolute atomic E-state index is 11.7. The van der Waals surface area contributed by atoms with Gasteiger partial charge in [0, 0.05) is 39.5 Å². The molecule has 0 spiro atoms. The molecule has 0 saturated carbocycles. The van der Waals surface area contributed by atoms with Crippen molar-refractivity contribution in [2.24, 2.45) is 5.92 Å². The Morgan fingerprint density at radius 2 is 1.27 bits per heavy atom. The molecule has 0 aromatic rings. The maximum Gasteiger partial charge on any atom is 0.222 e. The fourth-order valence-corrected chi connectivity index (χ4v) is 1.75. The lowest BCUT2D eigenvalue weighted by Crippen LogP contribution is -2.50. The van der Waals surface area contributed by atoms with Crippen LogP contribution in [0.25, 0.3) is 0 Å². The zero-order valence-corrected chi connectivity index (χ0v) is 15.6. The predicted octanol–water partition coefficient (Wildman–Crippen LogP) is 2.98. The summed E-state index contributed by atoms with van der Waals surface area (Å²) in [4.78, 5) is 34.4. The second kappa shape index (κ2) is 17.7. The van der Waals surface area contributed by atoms with Gasteiger partial charge in [-0.15, -0.1) is 0 Å². The van der Waals surface area contributed by atoms with Gasteiger partial charge in [0.2, 0.25) is 11.8 Å². The van der Waals surface area contributed by atoms with Crippen molar-refractivity contribution in [3.63, 3.8) is 0 Å². The molecule has 1 heterocycles. The monoisotopic (exact) mass is 316 g/mol. The number of carbonyl (C=O) groups excluding carboxylic acids is 3. The molecule has 0 unspecified atom stereocenters. The van der Waals surface area contributed by atoms with Crippen molar-refractivity contribution in [2.75, 3.05) is 26.2 Å². The summed E-state index contributed by atoms with van der Waals surface area (Å²) in [6.45, 7) is 18.6. The highest BCUT2D eigenvalue weighted by atomic mass is 16.2. The van der Waals surface area contributed by atoms with Crippen molar-refractivity contribution in [1.82, 2.24) is 9.80 Å². The van der Waals surface area contributed by atoms with Crippen molar-refractivity contribution in [3.05, 3.63) is 0 Å². The summed E-state index contributed by atoms with van der Waals surface area (Å²) in [5.74, 6) is 0.725. The summed E-state index contributed by atoms with van der Waals surface area (Å²) in [6.07, 6.45) is 1.86. The lowest BCUT2D eigenvalue weighted by atomic mass is 10.1. The van der Waals surface area contributed by atoms with Crippen LogP contribution in [0.15, 0.2) is 0 Å². The number of hydrogen-bond acceptors (Lipinski definition) is 3. The molecule has 1 aliphatic rings. The number of hydrogen-bond donors (Lipinski definition) is 0. The third kappa shape index (κ3) is 13.6. The first kappa shape index (κ1) is 25.6. The van der Waals surface area contributed by atoms with Crippen LogP contribution in [-0.4, -0.2) is 54.6 Å². The van der Waals surface area contributed by atoms with Crippen molar-refractivity contribution >= 4 is 18.6 Å². The molecule has 0 radical (unpaired) electrons. The Morgan fingerprint density at radius 1 is 0.955 bits per heavy atom. The van der Waals surface area contributed by atoms with Crippen molar-refractivity contribution in [1.29, 1.82) is 0 Å². The van der Waals surface area contributed by atoms with Crippen LogP contribution < -0.4 is 0 Å². The van der Waals surface area contributed by atoms with Gasteiger partial charge in [0.25, 0.3) is 0 Å². The van der Waals surface area contributed by atoms with E-state index in [4.69, 9.17) is 4.79 Å². The highest BCUT2D eigenvalue weighted by molar-refractivity contribution is 5.77.